The molecule has 25 heavy (non-hydrogen) atoms. The summed E-state index contributed by atoms with van der Waals surface area (Å²) in [5.74, 6) is 0.754. The lowest BCUT2D eigenvalue weighted by atomic mass is 10.2. The van der Waals surface area contributed by atoms with Crippen LogP contribution >= 0.6 is 11.3 Å². The predicted molar refractivity (Wildman–Crippen MR) is 102 cm³/mol. The van der Waals surface area contributed by atoms with Gasteiger partial charge in [-0.05, 0) is 47.3 Å². The molecule has 6 nitrogen and oxygen atoms in total. The summed E-state index contributed by atoms with van der Waals surface area (Å²) in [5.41, 5.74) is 6.88. The van der Waals surface area contributed by atoms with E-state index >= 15 is 0 Å². The van der Waals surface area contributed by atoms with E-state index in [-0.39, 0.29) is 5.84 Å². The molecule has 8 heteroatoms. The number of rotatable bonds is 6. The standard InChI is InChI=1S/C17H17N3O3S2/c1-25(21,22)20-13-4-2-3-11(7-13)10-23-14-6-5-12-8-16(17(18)19)24-15(12)9-14/h2-9,20H,10H2,1H3,(H3,18,19). The first-order chi connectivity index (χ1) is 11.8. The first-order valence-corrected chi connectivity index (χ1v) is 10.1. The molecule has 0 amide bonds. The molecule has 0 aliphatic rings. The lowest BCUT2D eigenvalue weighted by molar-refractivity contribution is 0.307. The maximum atomic E-state index is 11.3. The van der Waals surface area contributed by atoms with E-state index in [1.54, 1.807) is 18.2 Å². The van der Waals surface area contributed by atoms with E-state index in [9.17, 15) is 8.42 Å². The Balaban J connectivity index is 1.74. The topological polar surface area (TPSA) is 105 Å². The van der Waals surface area contributed by atoms with Crippen LogP contribution in [-0.2, 0) is 16.6 Å². The Morgan fingerprint density at radius 2 is 2.04 bits per heavy atom. The van der Waals surface area contributed by atoms with E-state index in [1.165, 1.54) is 11.3 Å². The highest BCUT2D eigenvalue weighted by Gasteiger charge is 2.06. The molecule has 3 rings (SSSR count). The number of amidine groups is 1. The molecule has 0 saturated heterocycles. The molecule has 0 fully saturated rings. The minimum atomic E-state index is -3.31. The minimum Gasteiger partial charge on any atom is -0.489 e. The maximum absolute atomic E-state index is 11.3. The third kappa shape index (κ3) is 4.49. The summed E-state index contributed by atoms with van der Waals surface area (Å²) in [6.07, 6.45) is 1.11. The van der Waals surface area contributed by atoms with Gasteiger partial charge in [0.15, 0.2) is 0 Å². The fraction of sp³-hybridized carbons (Fsp3) is 0.118. The zero-order valence-electron chi connectivity index (χ0n) is 13.4. The van der Waals surface area contributed by atoms with Crippen LogP contribution in [0.3, 0.4) is 0 Å². The van der Waals surface area contributed by atoms with Gasteiger partial charge in [0.1, 0.15) is 18.2 Å². The van der Waals surface area contributed by atoms with Crippen molar-refractivity contribution in [2.24, 2.45) is 5.73 Å². The second-order valence-electron chi connectivity index (χ2n) is 5.59. The molecular formula is C17H17N3O3S2. The van der Waals surface area contributed by atoms with Crippen molar-refractivity contribution in [3.63, 3.8) is 0 Å². The van der Waals surface area contributed by atoms with Crippen LogP contribution in [0.5, 0.6) is 5.75 Å². The highest BCUT2D eigenvalue weighted by atomic mass is 32.2. The zero-order valence-corrected chi connectivity index (χ0v) is 15.1. The quantitative estimate of drug-likeness (QED) is 0.454. The van der Waals surface area contributed by atoms with Crippen LogP contribution in [0.15, 0.2) is 48.5 Å². The average molecular weight is 375 g/mol. The summed E-state index contributed by atoms with van der Waals surface area (Å²) in [4.78, 5) is 0.728. The molecule has 0 radical (unpaired) electrons. The molecule has 0 aliphatic heterocycles. The van der Waals surface area contributed by atoms with Crippen molar-refractivity contribution in [2.75, 3.05) is 11.0 Å². The van der Waals surface area contributed by atoms with Crippen molar-refractivity contribution in [3.05, 3.63) is 59.0 Å². The molecule has 0 saturated carbocycles. The summed E-state index contributed by atoms with van der Waals surface area (Å²) >= 11 is 1.44. The lowest BCUT2D eigenvalue weighted by Crippen LogP contribution is -2.09. The predicted octanol–water partition coefficient (Wildman–Crippen LogP) is 3.14. The molecule has 130 valence electrons. The molecule has 1 heterocycles. The second kappa shape index (κ2) is 6.73. The van der Waals surface area contributed by atoms with Crippen LogP contribution in [-0.4, -0.2) is 20.5 Å². The molecule has 3 aromatic rings. The van der Waals surface area contributed by atoms with Crippen LogP contribution in [0.4, 0.5) is 5.69 Å². The smallest absolute Gasteiger partial charge is 0.229 e. The molecule has 0 aliphatic carbocycles. The van der Waals surface area contributed by atoms with E-state index in [0.29, 0.717) is 18.0 Å². The number of anilines is 1. The number of thiophene rings is 1. The largest absolute Gasteiger partial charge is 0.489 e. The Morgan fingerprint density at radius 3 is 2.76 bits per heavy atom. The normalized spacial score (nSPS) is 11.4. The molecular weight excluding hydrogens is 358 g/mol. The van der Waals surface area contributed by atoms with Gasteiger partial charge < -0.3 is 10.5 Å². The first-order valence-electron chi connectivity index (χ1n) is 7.38. The number of hydrogen-bond donors (Lipinski definition) is 3. The van der Waals surface area contributed by atoms with Crippen molar-refractivity contribution in [2.45, 2.75) is 6.61 Å². The summed E-state index contributed by atoms with van der Waals surface area (Å²) in [6.45, 7) is 0.315. The van der Waals surface area contributed by atoms with Crippen molar-refractivity contribution < 1.29 is 13.2 Å². The summed E-state index contributed by atoms with van der Waals surface area (Å²) < 4.78 is 31.8. The molecule has 1 aromatic heterocycles. The van der Waals surface area contributed by atoms with Crippen molar-refractivity contribution in [1.29, 1.82) is 5.41 Å². The van der Waals surface area contributed by atoms with Gasteiger partial charge in [0.2, 0.25) is 10.0 Å². The monoisotopic (exact) mass is 375 g/mol. The van der Waals surface area contributed by atoms with E-state index in [0.717, 1.165) is 26.8 Å². The number of ether oxygens (including phenoxy) is 1. The second-order valence-corrected chi connectivity index (χ2v) is 8.42. The summed E-state index contributed by atoms with van der Waals surface area (Å²) in [6, 6.07) is 14.6. The van der Waals surface area contributed by atoms with E-state index in [4.69, 9.17) is 15.9 Å². The van der Waals surface area contributed by atoms with Crippen LogP contribution in [0.1, 0.15) is 10.4 Å². The summed E-state index contributed by atoms with van der Waals surface area (Å²) in [7, 11) is -3.31. The van der Waals surface area contributed by atoms with Gasteiger partial charge in [-0.3, -0.25) is 10.1 Å². The van der Waals surface area contributed by atoms with Crippen molar-refractivity contribution in [1.82, 2.24) is 0 Å². The SMILES string of the molecule is CS(=O)(=O)Nc1cccc(COc2ccc3cc(C(=N)N)sc3c2)c1. The average Bonchev–Trinajstić information content (AvgIpc) is 2.95. The Kier molecular flexibility index (Phi) is 4.65. The number of nitrogens with two attached hydrogens (primary N) is 1. The molecule has 2 aromatic carbocycles. The van der Waals surface area contributed by atoms with Gasteiger partial charge in [-0.15, -0.1) is 11.3 Å². The maximum Gasteiger partial charge on any atom is 0.229 e. The summed E-state index contributed by atoms with van der Waals surface area (Å²) in [5, 5.41) is 8.52. The molecule has 0 atom stereocenters. The number of fused-ring (bicyclic) bond motifs is 1. The minimum absolute atomic E-state index is 0.0545. The van der Waals surface area contributed by atoms with Crippen LogP contribution in [0.2, 0.25) is 0 Å². The Hall–Kier alpha value is -2.58. The van der Waals surface area contributed by atoms with Gasteiger partial charge in [0, 0.05) is 10.4 Å². The molecule has 4 N–H and O–H groups in total. The Morgan fingerprint density at radius 1 is 1.24 bits per heavy atom. The first kappa shape index (κ1) is 17.2. The molecule has 0 spiro atoms. The molecule has 0 unspecified atom stereocenters. The lowest BCUT2D eigenvalue weighted by Gasteiger charge is -2.09. The number of hydrogen-bond acceptors (Lipinski definition) is 5. The third-order valence-corrected chi connectivity index (χ3v) is 5.13. The van der Waals surface area contributed by atoms with E-state index < -0.39 is 10.0 Å². The number of nitrogen functional groups attached to an aromatic ring is 1. The van der Waals surface area contributed by atoms with Crippen molar-refractivity contribution in [3.8, 4) is 5.75 Å². The fourth-order valence-corrected chi connectivity index (χ4v) is 3.85. The Labute approximate surface area is 149 Å². The number of sulfonamides is 1. The highest BCUT2D eigenvalue weighted by molar-refractivity contribution is 7.92. The highest BCUT2D eigenvalue weighted by Crippen LogP contribution is 2.29. The third-order valence-electron chi connectivity index (χ3n) is 3.39. The van der Waals surface area contributed by atoms with Gasteiger partial charge in [0.25, 0.3) is 0 Å². The number of benzene rings is 2. The Bertz CT molecular complexity index is 1040. The van der Waals surface area contributed by atoms with Crippen molar-refractivity contribution >= 4 is 43.0 Å². The van der Waals surface area contributed by atoms with Gasteiger partial charge in [0.05, 0.1) is 11.1 Å². The fourth-order valence-electron chi connectivity index (χ4n) is 2.34. The van der Waals surface area contributed by atoms with E-state index in [1.807, 2.05) is 30.3 Å². The van der Waals surface area contributed by atoms with Crippen LogP contribution < -0.4 is 15.2 Å². The zero-order chi connectivity index (χ0) is 18.0. The molecule has 0 bridgehead atoms. The van der Waals surface area contributed by atoms with Gasteiger partial charge in [-0.25, -0.2) is 8.42 Å². The van der Waals surface area contributed by atoms with E-state index in [2.05, 4.69) is 4.72 Å². The van der Waals surface area contributed by atoms with Gasteiger partial charge >= 0.3 is 0 Å². The van der Waals surface area contributed by atoms with Gasteiger partial charge in [-0.2, -0.15) is 0 Å². The number of nitrogens with one attached hydrogen (secondary N) is 2. The van der Waals surface area contributed by atoms with Crippen LogP contribution in [0.25, 0.3) is 10.1 Å². The van der Waals surface area contributed by atoms with Gasteiger partial charge in [-0.1, -0.05) is 12.1 Å². The van der Waals surface area contributed by atoms with Crippen LogP contribution in [0, 0.1) is 5.41 Å².